The molecule has 2 heterocycles. The number of nitrogens with one attached hydrogen (secondary N) is 1. The summed E-state index contributed by atoms with van der Waals surface area (Å²) < 4.78 is 0. The number of H-pyrrole nitrogens is 1. The fourth-order valence-corrected chi connectivity index (χ4v) is 1.72. The van der Waals surface area contributed by atoms with E-state index in [0.717, 1.165) is 10.8 Å². The molecular weight excluding hydrogens is 190 g/mol. The molecule has 0 aliphatic carbocycles. The second-order valence-corrected chi connectivity index (χ2v) is 3.30. The van der Waals surface area contributed by atoms with Gasteiger partial charge in [-0.25, -0.2) is 5.10 Å². The van der Waals surface area contributed by atoms with E-state index in [1.807, 2.05) is 24.3 Å². The molecule has 3 aromatic rings. The number of rotatable bonds is 0. The lowest BCUT2D eigenvalue weighted by atomic mass is 10.1. The lowest BCUT2D eigenvalue weighted by molar-refractivity contribution is 1.01. The van der Waals surface area contributed by atoms with Crippen molar-refractivity contribution in [1.29, 1.82) is 0 Å². The van der Waals surface area contributed by atoms with Crippen molar-refractivity contribution in [1.82, 2.24) is 15.2 Å². The van der Waals surface area contributed by atoms with Gasteiger partial charge in [0.2, 0.25) is 0 Å². The summed E-state index contributed by atoms with van der Waals surface area (Å²) in [4.78, 5) is 15.8. The third-order valence-corrected chi connectivity index (χ3v) is 2.41. The van der Waals surface area contributed by atoms with Gasteiger partial charge in [-0.2, -0.15) is 5.10 Å². The largest absolute Gasteiger partial charge is 0.274 e. The van der Waals surface area contributed by atoms with Crippen molar-refractivity contribution >= 4 is 21.7 Å². The first-order chi connectivity index (χ1) is 7.36. The minimum atomic E-state index is -0.197. The topological polar surface area (TPSA) is 58.6 Å². The van der Waals surface area contributed by atoms with Crippen LogP contribution in [0.25, 0.3) is 21.7 Å². The molecule has 3 rings (SSSR count). The molecule has 15 heavy (non-hydrogen) atoms. The fourth-order valence-electron chi connectivity index (χ4n) is 1.72. The number of aromatic nitrogens is 3. The number of hydrogen-bond acceptors (Lipinski definition) is 3. The normalized spacial score (nSPS) is 10.9. The van der Waals surface area contributed by atoms with Gasteiger partial charge in [0.05, 0.1) is 17.1 Å². The van der Waals surface area contributed by atoms with Gasteiger partial charge in [0.15, 0.2) is 0 Å². The van der Waals surface area contributed by atoms with Crippen molar-refractivity contribution in [3.05, 3.63) is 47.0 Å². The van der Waals surface area contributed by atoms with E-state index in [4.69, 9.17) is 0 Å². The number of hydrogen-bond donors (Lipinski definition) is 1. The Labute approximate surface area is 84.6 Å². The Kier molecular flexibility index (Phi) is 1.56. The zero-order valence-corrected chi connectivity index (χ0v) is 7.77. The van der Waals surface area contributed by atoms with Gasteiger partial charge in [-0.05, 0) is 5.39 Å². The molecular formula is C11H7N3O. The molecule has 1 aromatic carbocycles. The Bertz CT molecular complexity index is 703. The number of pyridine rings is 1. The summed E-state index contributed by atoms with van der Waals surface area (Å²) in [6.07, 6.45) is 3.31. The van der Waals surface area contributed by atoms with E-state index >= 15 is 0 Å². The zero-order chi connectivity index (χ0) is 10.3. The van der Waals surface area contributed by atoms with E-state index in [1.54, 1.807) is 12.4 Å². The molecule has 0 amide bonds. The van der Waals surface area contributed by atoms with Crippen LogP contribution in [0.4, 0.5) is 0 Å². The van der Waals surface area contributed by atoms with Gasteiger partial charge in [0, 0.05) is 11.6 Å². The number of benzene rings is 1. The van der Waals surface area contributed by atoms with Crippen LogP contribution in [0.2, 0.25) is 0 Å². The number of nitrogens with zero attached hydrogens (tertiary/aromatic N) is 2. The van der Waals surface area contributed by atoms with Crippen LogP contribution in [0, 0.1) is 0 Å². The van der Waals surface area contributed by atoms with Gasteiger partial charge in [-0.1, -0.05) is 24.3 Å². The summed E-state index contributed by atoms with van der Waals surface area (Å²) in [5, 5.41) is 8.61. The van der Waals surface area contributed by atoms with E-state index < -0.39 is 0 Å². The first-order valence-corrected chi connectivity index (χ1v) is 4.57. The third kappa shape index (κ3) is 1.11. The Balaban J connectivity index is 2.70. The molecule has 0 spiro atoms. The van der Waals surface area contributed by atoms with Gasteiger partial charge in [0.1, 0.15) is 0 Å². The summed E-state index contributed by atoms with van der Waals surface area (Å²) in [7, 11) is 0. The van der Waals surface area contributed by atoms with Crippen LogP contribution in [0.15, 0.2) is 41.5 Å². The van der Waals surface area contributed by atoms with Crippen LogP contribution in [0.1, 0.15) is 0 Å². The van der Waals surface area contributed by atoms with Crippen LogP contribution < -0.4 is 5.56 Å². The highest BCUT2D eigenvalue weighted by atomic mass is 16.1. The number of fused-ring (bicyclic) bond motifs is 3. The van der Waals surface area contributed by atoms with Crippen molar-refractivity contribution in [2.45, 2.75) is 0 Å². The van der Waals surface area contributed by atoms with E-state index in [2.05, 4.69) is 15.2 Å². The minimum Gasteiger partial charge on any atom is -0.267 e. The minimum absolute atomic E-state index is 0.197. The van der Waals surface area contributed by atoms with Crippen LogP contribution in [0.5, 0.6) is 0 Å². The maximum Gasteiger partial charge on any atom is 0.274 e. The molecule has 0 radical (unpaired) electrons. The first kappa shape index (κ1) is 8.11. The summed E-state index contributed by atoms with van der Waals surface area (Å²) in [6.45, 7) is 0. The molecule has 0 saturated carbocycles. The van der Waals surface area contributed by atoms with E-state index in [-0.39, 0.29) is 5.56 Å². The molecule has 0 saturated heterocycles. The van der Waals surface area contributed by atoms with Gasteiger partial charge >= 0.3 is 0 Å². The Morgan fingerprint density at radius 3 is 2.93 bits per heavy atom. The molecule has 0 unspecified atom stereocenters. The highest BCUT2D eigenvalue weighted by molar-refractivity contribution is 6.04. The standard InChI is InChI=1S/C11H7N3O/c15-11-10-8-4-2-1-3-7(8)5-12-9(10)6-13-14-11/h1-6H,(H,14,15). The maximum atomic E-state index is 11.6. The fraction of sp³-hybridized carbons (Fsp3) is 0. The molecule has 4 heteroatoms. The van der Waals surface area contributed by atoms with Crippen molar-refractivity contribution in [3.8, 4) is 0 Å². The summed E-state index contributed by atoms with van der Waals surface area (Å²) in [6, 6.07) is 7.67. The monoisotopic (exact) mass is 197 g/mol. The molecule has 0 atom stereocenters. The molecule has 4 nitrogen and oxygen atoms in total. The quantitative estimate of drug-likeness (QED) is 0.555. The molecule has 0 bridgehead atoms. The predicted molar refractivity (Wildman–Crippen MR) is 57.7 cm³/mol. The Morgan fingerprint density at radius 1 is 1.13 bits per heavy atom. The van der Waals surface area contributed by atoms with Gasteiger partial charge in [-0.3, -0.25) is 9.78 Å². The highest BCUT2D eigenvalue weighted by Crippen LogP contribution is 2.18. The van der Waals surface area contributed by atoms with Crippen molar-refractivity contribution in [2.75, 3.05) is 0 Å². The van der Waals surface area contributed by atoms with Crippen LogP contribution in [-0.2, 0) is 0 Å². The van der Waals surface area contributed by atoms with Crippen molar-refractivity contribution in [3.63, 3.8) is 0 Å². The van der Waals surface area contributed by atoms with Gasteiger partial charge < -0.3 is 0 Å². The second kappa shape index (κ2) is 2.88. The van der Waals surface area contributed by atoms with Gasteiger partial charge in [0.25, 0.3) is 5.56 Å². The number of aromatic amines is 1. The third-order valence-electron chi connectivity index (χ3n) is 2.41. The van der Waals surface area contributed by atoms with Crippen molar-refractivity contribution < 1.29 is 0 Å². The van der Waals surface area contributed by atoms with Crippen LogP contribution >= 0.6 is 0 Å². The zero-order valence-electron chi connectivity index (χ0n) is 7.77. The molecule has 72 valence electrons. The second-order valence-electron chi connectivity index (χ2n) is 3.30. The van der Waals surface area contributed by atoms with E-state index in [0.29, 0.717) is 10.9 Å². The van der Waals surface area contributed by atoms with Crippen LogP contribution in [-0.4, -0.2) is 15.2 Å². The Morgan fingerprint density at radius 2 is 2.00 bits per heavy atom. The van der Waals surface area contributed by atoms with Crippen molar-refractivity contribution in [2.24, 2.45) is 0 Å². The average Bonchev–Trinajstić information content (AvgIpc) is 2.29. The SMILES string of the molecule is O=c1[nH]ncc2ncc3ccccc3c12. The molecule has 2 aromatic heterocycles. The lowest BCUT2D eigenvalue weighted by Gasteiger charge is -2.00. The van der Waals surface area contributed by atoms with Crippen LogP contribution in [0.3, 0.4) is 0 Å². The average molecular weight is 197 g/mol. The van der Waals surface area contributed by atoms with Gasteiger partial charge in [-0.15, -0.1) is 0 Å². The molecule has 0 aliphatic heterocycles. The first-order valence-electron chi connectivity index (χ1n) is 4.57. The Hall–Kier alpha value is -2.23. The maximum absolute atomic E-state index is 11.6. The predicted octanol–water partition coefficient (Wildman–Crippen LogP) is 1.47. The summed E-state index contributed by atoms with van der Waals surface area (Å²) in [5.74, 6) is 0. The van der Waals surface area contributed by atoms with E-state index in [9.17, 15) is 4.79 Å². The van der Waals surface area contributed by atoms with E-state index in [1.165, 1.54) is 0 Å². The summed E-state index contributed by atoms with van der Waals surface area (Å²) in [5.41, 5.74) is 0.425. The smallest absolute Gasteiger partial charge is 0.267 e. The molecule has 0 aliphatic rings. The molecule has 0 fully saturated rings. The molecule has 1 N–H and O–H groups in total. The lowest BCUT2D eigenvalue weighted by Crippen LogP contribution is -2.08. The summed E-state index contributed by atoms with van der Waals surface area (Å²) >= 11 is 0. The highest BCUT2D eigenvalue weighted by Gasteiger charge is 2.04.